The molecule has 2 aromatic rings. The van der Waals surface area contributed by atoms with Crippen LogP contribution in [0.3, 0.4) is 0 Å². The Hall–Kier alpha value is -1.81. The highest BCUT2D eigenvalue weighted by Crippen LogP contribution is 2.23. The van der Waals surface area contributed by atoms with E-state index in [-0.39, 0.29) is 0 Å². The SMILES string of the molecule is COc1ccc(-c2ncc(CN)[nH]2)cc1C. The van der Waals surface area contributed by atoms with E-state index in [0.717, 1.165) is 28.4 Å². The first kappa shape index (κ1) is 10.7. The Morgan fingerprint density at radius 1 is 1.44 bits per heavy atom. The van der Waals surface area contributed by atoms with Gasteiger partial charge < -0.3 is 15.5 Å². The molecule has 0 bridgehead atoms. The molecule has 84 valence electrons. The Morgan fingerprint density at radius 2 is 2.25 bits per heavy atom. The zero-order valence-corrected chi connectivity index (χ0v) is 9.45. The molecule has 0 saturated heterocycles. The molecule has 0 saturated carbocycles. The van der Waals surface area contributed by atoms with Crippen molar-refractivity contribution in [2.75, 3.05) is 7.11 Å². The third kappa shape index (κ3) is 1.92. The Morgan fingerprint density at radius 3 is 2.81 bits per heavy atom. The summed E-state index contributed by atoms with van der Waals surface area (Å²) in [6.07, 6.45) is 1.76. The molecule has 0 spiro atoms. The minimum atomic E-state index is 0.474. The predicted molar refractivity (Wildman–Crippen MR) is 63.2 cm³/mol. The van der Waals surface area contributed by atoms with Crippen LogP contribution in [0.1, 0.15) is 11.3 Å². The van der Waals surface area contributed by atoms with Gasteiger partial charge in [-0.05, 0) is 30.7 Å². The first-order chi connectivity index (χ1) is 7.74. The fraction of sp³-hybridized carbons (Fsp3) is 0.250. The Bertz CT molecular complexity index is 491. The molecule has 1 aromatic carbocycles. The Kier molecular flexibility index (Phi) is 2.92. The molecule has 3 N–H and O–H groups in total. The van der Waals surface area contributed by atoms with Crippen LogP contribution in [0.15, 0.2) is 24.4 Å². The van der Waals surface area contributed by atoms with Crippen molar-refractivity contribution in [2.45, 2.75) is 13.5 Å². The molecule has 4 heteroatoms. The van der Waals surface area contributed by atoms with Crippen LogP contribution in [0.5, 0.6) is 5.75 Å². The summed E-state index contributed by atoms with van der Waals surface area (Å²) in [6.45, 7) is 2.48. The molecule has 0 aliphatic heterocycles. The number of nitrogens with zero attached hydrogens (tertiary/aromatic N) is 1. The summed E-state index contributed by atoms with van der Waals surface area (Å²) in [4.78, 5) is 7.44. The molecule has 0 radical (unpaired) electrons. The van der Waals surface area contributed by atoms with Gasteiger partial charge in [0, 0.05) is 24.0 Å². The lowest BCUT2D eigenvalue weighted by molar-refractivity contribution is 0.412. The predicted octanol–water partition coefficient (Wildman–Crippen LogP) is 1.85. The molecule has 0 unspecified atom stereocenters. The number of hydrogen-bond donors (Lipinski definition) is 2. The molecular weight excluding hydrogens is 202 g/mol. The minimum absolute atomic E-state index is 0.474. The van der Waals surface area contributed by atoms with Crippen molar-refractivity contribution < 1.29 is 4.74 Å². The summed E-state index contributed by atoms with van der Waals surface area (Å²) in [6, 6.07) is 5.96. The van der Waals surface area contributed by atoms with Gasteiger partial charge in [0.2, 0.25) is 0 Å². The first-order valence-electron chi connectivity index (χ1n) is 5.13. The fourth-order valence-corrected chi connectivity index (χ4v) is 1.64. The van der Waals surface area contributed by atoms with Crippen molar-refractivity contribution in [1.29, 1.82) is 0 Å². The molecule has 4 nitrogen and oxygen atoms in total. The lowest BCUT2D eigenvalue weighted by Crippen LogP contribution is -1.95. The molecule has 0 amide bonds. The average molecular weight is 217 g/mol. The van der Waals surface area contributed by atoms with E-state index in [2.05, 4.69) is 9.97 Å². The molecule has 0 atom stereocenters. The normalized spacial score (nSPS) is 10.4. The number of rotatable bonds is 3. The maximum Gasteiger partial charge on any atom is 0.137 e. The van der Waals surface area contributed by atoms with Gasteiger partial charge in [-0.3, -0.25) is 0 Å². The number of hydrogen-bond acceptors (Lipinski definition) is 3. The van der Waals surface area contributed by atoms with Crippen LogP contribution in [-0.2, 0) is 6.54 Å². The number of ether oxygens (including phenoxy) is 1. The van der Waals surface area contributed by atoms with Crippen LogP contribution in [0, 0.1) is 6.92 Å². The lowest BCUT2D eigenvalue weighted by Gasteiger charge is -2.05. The zero-order valence-electron chi connectivity index (χ0n) is 9.45. The molecule has 0 fully saturated rings. The number of aryl methyl sites for hydroxylation is 1. The standard InChI is InChI=1S/C12H15N3O/c1-8-5-9(3-4-11(8)16-2)12-14-7-10(6-13)15-12/h3-5,7H,6,13H2,1-2H3,(H,14,15). The second-order valence-corrected chi connectivity index (χ2v) is 3.65. The van der Waals surface area contributed by atoms with E-state index < -0.39 is 0 Å². The summed E-state index contributed by atoms with van der Waals surface area (Å²) in [5.74, 6) is 1.72. The van der Waals surface area contributed by atoms with Crippen LogP contribution in [0.4, 0.5) is 0 Å². The number of H-pyrrole nitrogens is 1. The van der Waals surface area contributed by atoms with Gasteiger partial charge in [-0.1, -0.05) is 0 Å². The van der Waals surface area contributed by atoms with Crippen molar-refractivity contribution in [3.05, 3.63) is 35.7 Å². The average Bonchev–Trinajstić information content (AvgIpc) is 2.77. The molecule has 1 aromatic heterocycles. The van der Waals surface area contributed by atoms with Crippen molar-refractivity contribution in [3.63, 3.8) is 0 Å². The van der Waals surface area contributed by atoms with E-state index in [0.29, 0.717) is 6.54 Å². The molecule has 16 heavy (non-hydrogen) atoms. The Balaban J connectivity index is 2.37. The van der Waals surface area contributed by atoms with Gasteiger partial charge in [0.15, 0.2) is 0 Å². The van der Waals surface area contributed by atoms with Gasteiger partial charge in [-0.25, -0.2) is 4.98 Å². The molecule has 0 aliphatic carbocycles. The third-order valence-corrected chi connectivity index (χ3v) is 2.52. The van der Waals surface area contributed by atoms with Gasteiger partial charge in [0.25, 0.3) is 0 Å². The van der Waals surface area contributed by atoms with Gasteiger partial charge in [-0.2, -0.15) is 0 Å². The van der Waals surface area contributed by atoms with E-state index in [9.17, 15) is 0 Å². The monoisotopic (exact) mass is 217 g/mol. The summed E-state index contributed by atoms with van der Waals surface area (Å²) < 4.78 is 5.21. The Labute approximate surface area is 94.5 Å². The highest BCUT2D eigenvalue weighted by molar-refractivity contribution is 5.58. The van der Waals surface area contributed by atoms with Crippen molar-refractivity contribution in [1.82, 2.24) is 9.97 Å². The van der Waals surface area contributed by atoms with Crippen LogP contribution in [0.2, 0.25) is 0 Å². The van der Waals surface area contributed by atoms with Crippen LogP contribution in [-0.4, -0.2) is 17.1 Å². The summed E-state index contributed by atoms with van der Waals surface area (Å²) >= 11 is 0. The fourth-order valence-electron chi connectivity index (χ4n) is 1.64. The maximum atomic E-state index is 5.53. The van der Waals surface area contributed by atoms with Gasteiger partial charge in [0.05, 0.1) is 7.11 Å². The van der Waals surface area contributed by atoms with E-state index in [1.54, 1.807) is 13.3 Å². The second-order valence-electron chi connectivity index (χ2n) is 3.65. The number of benzene rings is 1. The van der Waals surface area contributed by atoms with E-state index in [1.807, 2.05) is 25.1 Å². The topological polar surface area (TPSA) is 63.9 Å². The number of aromatic nitrogens is 2. The van der Waals surface area contributed by atoms with E-state index >= 15 is 0 Å². The zero-order chi connectivity index (χ0) is 11.5. The number of aromatic amines is 1. The van der Waals surface area contributed by atoms with Crippen molar-refractivity contribution >= 4 is 0 Å². The molecule has 2 rings (SSSR count). The van der Waals surface area contributed by atoms with Crippen LogP contribution >= 0.6 is 0 Å². The smallest absolute Gasteiger partial charge is 0.137 e. The summed E-state index contributed by atoms with van der Waals surface area (Å²) in [5, 5.41) is 0. The quantitative estimate of drug-likeness (QED) is 0.824. The number of methoxy groups -OCH3 is 1. The molecule has 1 heterocycles. The van der Waals surface area contributed by atoms with E-state index in [4.69, 9.17) is 10.5 Å². The third-order valence-electron chi connectivity index (χ3n) is 2.52. The highest BCUT2D eigenvalue weighted by Gasteiger charge is 2.05. The summed E-state index contributed by atoms with van der Waals surface area (Å²) in [7, 11) is 1.67. The van der Waals surface area contributed by atoms with Crippen molar-refractivity contribution in [2.24, 2.45) is 5.73 Å². The van der Waals surface area contributed by atoms with E-state index in [1.165, 1.54) is 0 Å². The first-order valence-corrected chi connectivity index (χ1v) is 5.13. The molecule has 0 aliphatic rings. The molecular formula is C12H15N3O. The van der Waals surface area contributed by atoms with Gasteiger partial charge >= 0.3 is 0 Å². The largest absolute Gasteiger partial charge is 0.496 e. The maximum absolute atomic E-state index is 5.53. The number of imidazole rings is 1. The lowest BCUT2D eigenvalue weighted by atomic mass is 10.1. The van der Waals surface area contributed by atoms with Crippen molar-refractivity contribution in [3.8, 4) is 17.1 Å². The second kappa shape index (κ2) is 4.37. The van der Waals surface area contributed by atoms with Gasteiger partial charge in [-0.15, -0.1) is 0 Å². The van der Waals surface area contributed by atoms with Crippen LogP contribution < -0.4 is 10.5 Å². The van der Waals surface area contributed by atoms with Crippen LogP contribution in [0.25, 0.3) is 11.4 Å². The summed E-state index contributed by atoms with van der Waals surface area (Å²) in [5.41, 5.74) is 8.59. The minimum Gasteiger partial charge on any atom is -0.496 e. The number of nitrogens with one attached hydrogen (secondary N) is 1. The highest BCUT2D eigenvalue weighted by atomic mass is 16.5. The number of nitrogens with two attached hydrogens (primary N) is 1. The van der Waals surface area contributed by atoms with Gasteiger partial charge in [0.1, 0.15) is 11.6 Å².